The van der Waals surface area contributed by atoms with Gasteiger partial charge in [0.2, 0.25) is 0 Å². The Morgan fingerprint density at radius 1 is 1.59 bits per heavy atom. The Kier molecular flexibility index (Phi) is 3.54. The molecule has 1 aromatic carbocycles. The zero-order valence-electron chi connectivity index (χ0n) is 10.4. The maximum Gasteiger partial charge on any atom is 0.143 e. The van der Waals surface area contributed by atoms with Crippen LogP contribution in [0.3, 0.4) is 0 Å². The summed E-state index contributed by atoms with van der Waals surface area (Å²) in [5.74, 6) is 0.888. The number of nitrogens with two attached hydrogens (primary N) is 1. The zero-order valence-corrected chi connectivity index (χ0v) is 10.4. The Hall–Kier alpha value is -1.26. The van der Waals surface area contributed by atoms with Gasteiger partial charge < -0.3 is 20.5 Å². The summed E-state index contributed by atoms with van der Waals surface area (Å²) < 4.78 is 5.78. The van der Waals surface area contributed by atoms with Crippen LogP contribution in [0.4, 0.5) is 5.69 Å². The van der Waals surface area contributed by atoms with Crippen molar-refractivity contribution >= 4 is 5.69 Å². The summed E-state index contributed by atoms with van der Waals surface area (Å²) in [5, 5.41) is 9.76. The molecule has 1 aromatic rings. The molecule has 3 N–H and O–H groups in total. The molecule has 0 saturated heterocycles. The number of rotatable bonds is 3. The minimum absolute atomic E-state index is 0.202. The van der Waals surface area contributed by atoms with Crippen molar-refractivity contribution in [2.24, 2.45) is 5.73 Å². The quantitative estimate of drug-likeness (QED) is 0.830. The third-order valence-electron chi connectivity index (χ3n) is 3.12. The zero-order chi connectivity index (χ0) is 12.4. The number of fused-ring (bicyclic) bond motifs is 1. The van der Waals surface area contributed by atoms with Gasteiger partial charge >= 0.3 is 0 Å². The van der Waals surface area contributed by atoms with E-state index < -0.39 is 6.10 Å². The molecule has 1 heterocycles. The van der Waals surface area contributed by atoms with Gasteiger partial charge in [0.1, 0.15) is 11.9 Å². The number of hydrogen-bond donors (Lipinski definition) is 2. The average molecular weight is 236 g/mol. The van der Waals surface area contributed by atoms with Crippen LogP contribution >= 0.6 is 0 Å². The van der Waals surface area contributed by atoms with Crippen LogP contribution in [0, 0.1) is 0 Å². The topological polar surface area (TPSA) is 58.7 Å². The maximum atomic E-state index is 9.76. The first kappa shape index (κ1) is 12.2. The molecular weight excluding hydrogens is 216 g/mol. The second-order valence-electron chi connectivity index (χ2n) is 4.45. The smallest absolute Gasteiger partial charge is 0.143 e. The van der Waals surface area contributed by atoms with Crippen molar-refractivity contribution in [1.82, 2.24) is 0 Å². The maximum absolute atomic E-state index is 9.76. The first-order chi connectivity index (χ1) is 8.15. The summed E-state index contributed by atoms with van der Waals surface area (Å²) in [6.45, 7) is 6.23. The molecule has 0 amide bonds. The van der Waals surface area contributed by atoms with E-state index in [1.54, 1.807) is 0 Å². The average Bonchev–Trinajstić information content (AvgIpc) is 2.36. The molecule has 4 heteroatoms. The molecule has 0 spiro atoms. The molecule has 17 heavy (non-hydrogen) atoms. The summed E-state index contributed by atoms with van der Waals surface area (Å²) in [7, 11) is 0. The van der Waals surface area contributed by atoms with Crippen molar-refractivity contribution in [2.75, 3.05) is 24.5 Å². The van der Waals surface area contributed by atoms with E-state index in [9.17, 15) is 5.11 Å². The largest absolute Gasteiger partial charge is 0.487 e. The summed E-state index contributed by atoms with van der Waals surface area (Å²) in [6, 6.07) is 5.77. The predicted molar refractivity (Wildman–Crippen MR) is 68.4 cm³/mol. The molecule has 0 fully saturated rings. The Balaban J connectivity index is 2.36. The van der Waals surface area contributed by atoms with E-state index in [2.05, 4.69) is 18.7 Å². The van der Waals surface area contributed by atoms with Gasteiger partial charge in [0.05, 0.1) is 18.3 Å². The third-order valence-corrected chi connectivity index (χ3v) is 3.12. The number of nitrogens with zero attached hydrogens (tertiary/aromatic N) is 1. The minimum Gasteiger partial charge on any atom is -0.487 e. The fourth-order valence-electron chi connectivity index (χ4n) is 2.19. The van der Waals surface area contributed by atoms with Gasteiger partial charge in [-0.15, -0.1) is 0 Å². The molecular formula is C13H20N2O2. The number of anilines is 1. The second-order valence-corrected chi connectivity index (χ2v) is 4.45. The molecule has 2 unspecified atom stereocenters. The lowest BCUT2D eigenvalue weighted by atomic mass is 10.1. The highest BCUT2D eigenvalue weighted by atomic mass is 16.5. The number of ether oxygens (including phenoxy) is 1. The van der Waals surface area contributed by atoms with E-state index >= 15 is 0 Å². The minimum atomic E-state index is -0.599. The molecule has 0 radical (unpaired) electrons. The Labute approximate surface area is 102 Å². The van der Waals surface area contributed by atoms with E-state index in [1.165, 1.54) is 0 Å². The van der Waals surface area contributed by atoms with E-state index in [-0.39, 0.29) is 12.6 Å². The molecule has 1 aliphatic heterocycles. The second kappa shape index (κ2) is 4.94. The first-order valence-corrected chi connectivity index (χ1v) is 6.09. The summed E-state index contributed by atoms with van der Waals surface area (Å²) >= 11 is 0. The van der Waals surface area contributed by atoms with Crippen molar-refractivity contribution in [3.05, 3.63) is 23.8 Å². The van der Waals surface area contributed by atoms with Crippen LogP contribution in [-0.2, 0) is 0 Å². The van der Waals surface area contributed by atoms with Crippen molar-refractivity contribution in [2.45, 2.75) is 26.1 Å². The van der Waals surface area contributed by atoms with Gasteiger partial charge in [-0.2, -0.15) is 0 Å². The summed E-state index contributed by atoms with van der Waals surface area (Å²) in [4.78, 5) is 2.26. The molecule has 4 nitrogen and oxygen atoms in total. The molecule has 0 saturated carbocycles. The van der Waals surface area contributed by atoms with Gasteiger partial charge in [0, 0.05) is 13.1 Å². The molecule has 2 atom stereocenters. The van der Waals surface area contributed by atoms with Crippen molar-refractivity contribution in [3.8, 4) is 5.75 Å². The van der Waals surface area contributed by atoms with Gasteiger partial charge in [-0.25, -0.2) is 0 Å². The lowest BCUT2D eigenvalue weighted by Gasteiger charge is -2.34. The first-order valence-electron chi connectivity index (χ1n) is 6.09. The number of aliphatic hydroxyl groups is 1. The van der Waals surface area contributed by atoms with Crippen LogP contribution in [0.1, 0.15) is 25.5 Å². The number of likely N-dealkylation sites (N-methyl/N-ethyl adjacent to an activating group) is 1. The fourth-order valence-corrected chi connectivity index (χ4v) is 2.19. The molecule has 94 valence electrons. The van der Waals surface area contributed by atoms with E-state index in [4.69, 9.17) is 10.5 Å². The Morgan fingerprint density at radius 2 is 2.35 bits per heavy atom. The third kappa shape index (κ3) is 2.37. The standard InChI is InChI=1S/C13H20N2O2/c1-3-15-8-9(2)17-13-5-4-10(6-11(13)15)12(16)7-14/h4-6,9,12,16H,3,7-8,14H2,1-2H3. The van der Waals surface area contributed by atoms with Crippen LogP contribution in [0.5, 0.6) is 5.75 Å². The number of benzene rings is 1. The monoisotopic (exact) mass is 236 g/mol. The summed E-state index contributed by atoms with van der Waals surface area (Å²) in [6.07, 6.45) is -0.397. The van der Waals surface area contributed by atoms with Crippen molar-refractivity contribution in [3.63, 3.8) is 0 Å². The van der Waals surface area contributed by atoms with E-state index in [1.807, 2.05) is 18.2 Å². The van der Waals surface area contributed by atoms with Crippen LogP contribution < -0.4 is 15.4 Å². The fraction of sp³-hybridized carbons (Fsp3) is 0.538. The molecule has 0 aliphatic carbocycles. The van der Waals surface area contributed by atoms with Gasteiger partial charge in [0.15, 0.2) is 0 Å². The number of hydrogen-bond acceptors (Lipinski definition) is 4. The Morgan fingerprint density at radius 3 is 3.00 bits per heavy atom. The molecule has 0 bridgehead atoms. The van der Waals surface area contributed by atoms with Gasteiger partial charge in [-0.05, 0) is 31.5 Å². The van der Waals surface area contributed by atoms with Gasteiger partial charge in [-0.3, -0.25) is 0 Å². The highest BCUT2D eigenvalue weighted by Crippen LogP contribution is 2.35. The van der Waals surface area contributed by atoms with Gasteiger partial charge in [0.25, 0.3) is 0 Å². The highest BCUT2D eigenvalue weighted by molar-refractivity contribution is 5.62. The predicted octanol–water partition coefficient (Wildman–Crippen LogP) is 1.29. The Bertz CT molecular complexity index is 395. The lowest BCUT2D eigenvalue weighted by Crippen LogP contribution is -2.38. The summed E-state index contributed by atoms with van der Waals surface area (Å²) in [5.41, 5.74) is 7.38. The van der Waals surface area contributed by atoms with Crippen LogP contribution in [0.15, 0.2) is 18.2 Å². The van der Waals surface area contributed by atoms with Crippen LogP contribution in [0.25, 0.3) is 0 Å². The van der Waals surface area contributed by atoms with Crippen LogP contribution in [-0.4, -0.2) is 30.8 Å². The SMILES string of the molecule is CCN1CC(C)Oc2ccc(C(O)CN)cc21. The van der Waals surface area contributed by atoms with Crippen molar-refractivity contribution < 1.29 is 9.84 Å². The van der Waals surface area contributed by atoms with Crippen LogP contribution in [0.2, 0.25) is 0 Å². The highest BCUT2D eigenvalue weighted by Gasteiger charge is 2.22. The molecule has 2 rings (SSSR count). The molecule has 0 aromatic heterocycles. The van der Waals surface area contributed by atoms with E-state index in [0.717, 1.165) is 30.1 Å². The normalized spacial score (nSPS) is 20.7. The number of aliphatic hydroxyl groups excluding tert-OH is 1. The van der Waals surface area contributed by atoms with Crippen molar-refractivity contribution in [1.29, 1.82) is 0 Å². The van der Waals surface area contributed by atoms with Gasteiger partial charge in [-0.1, -0.05) is 6.07 Å². The molecule has 1 aliphatic rings. The van der Waals surface area contributed by atoms with E-state index in [0.29, 0.717) is 0 Å². The lowest BCUT2D eigenvalue weighted by molar-refractivity contribution is 0.185.